The van der Waals surface area contributed by atoms with Crippen LogP contribution in [0.5, 0.6) is 0 Å². The topological polar surface area (TPSA) is 67.4 Å². The summed E-state index contributed by atoms with van der Waals surface area (Å²) in [6.07, 6.45) is 5.40. The summed E-state index contributed by atoms with van der Waals surface area (Å²) in [5, 5.41) is 6.21. The maximum absolute atomic E-state index is 12.5. The molecule has 4 rings (SSSR count). The number of benzene rings is 1. The Bertz CT molecular complexity index is 717. The Morgan fingerprint density at radius 3 is 2.62 bits per heavy atom. The van der Waals surface area contributed by atoms with Gasteiger partial charge in [0.1, 0.15) is 5.88 Å². The number of rotatable bonds is 5. The minimum atomic E-state index is -0.121. The highest BCUT2D eigenvalue weighted by Crippen LogP contribution is 2.56. The van der Waals surface area contributed by atoms with Gasteiger partial charge in [0, 0.05) is 17.5 Å². The largest absolute Gasteiger partial charge is 0.376 e. The van der Waals surface area contributed by atoms with E-state index in [9.17, 15) is 9.59 Å². The molecule has 140 valence electrons. The molecule has 2 unspecified atom stereocenters. The molecule has 3 aliphatic rings. The smallest absolute Gasteiger partial charge is 0.235 e. The first-order chi connectivity index (χ1) is 12.6. The standard InChI is InChI=1S/C20H25ClN2O3/c21-11-19(25)23-17-10-16(20(17)5-1-6-20)22-18(24)9-13-2-3-14-4-7-26-12-15(14)8-13/h2-3,8,16-17H,1,4-7,9-12H2,(H,22,24)(H,23,25). The highest BCUT2D eigenvalue weighted by molar-refractivity contribution is 6.27. The first-order valence-corrected chi connectivity index (χ1v) is 9.97. The third-order valence-electron chi connectivity index (χ3n) is 6.34. The zero-order valence-electron chi connectivity index (χ0n) is 14.9. The minimum Gasteiger partial charge on any atom is -0.376 e. The number of fused-ring (bicyclic) bond motifs is 1. The normalized spacial score (nSPS) is 25.6. The van der Waals surface area contributed by atoms with Gasteiger partial charge < -0.3 is 15.4 Å². The average molecular weight is 377 g/mol. The van der Waals surface area contributed by atoms with Gasteiger partial charge in [0.2, 0.25) is 11.8 Å². The van der Waals surface area contributed by atoms with Gasteiger partial charge in [-0.1, -0.05) is 24.6 Å². The third kappa shape index (κ3) is 3.23. The second kappa shape index (κ2) is 7.20. The van der Waals surface area contributed by atoms with Gasteiger partial charge in [-0.25, -0.2) is 0 Å². The molecule has 1 aliphatic heterocycles. The van der Waals surface area contributed by atoms with E-state index in [4.69, 9.17) is 16.3 Å². The van der Waals surface area contributed by atoms with Crippen molar-refractivity contribution in [2.75, 3.05) is 12.5 Å². The second-order valence-corrected chi connectivity index (χ2v) is 8.05. The first kappa shape index (κ1) is 17.8. The molecule has 6 heteroatoms. The number of nitrogens with one attached hydrogen (secondary N) is 2. The summed E-state index contributed by atoms with van der Waals surface area (Å²) in [5.74, 6) is -0.0740. The van der Waals surface area contributed by atoms with Crippen molar-refractivity contribution < 1.29 is 14.3 Å². The molecule has 2 amide bonds. The fourth-order valence-corrected chi connectivity index (χ4v) is 4.75. The van der Waals surface area contributed by atoms with E-state index >= 15 is 0 Å². The zero-order valence-corrected chi connectivity index (χ0v) is 15.6. The molecule has 0 radical (unpaired) electrons. The third-order valence-corrected chi connectivity index (χ3v) is 6.59. The molecular formula is C20H25ClN2O3. The molecule has 1 aromatic carbocycles. The van der Waals surface area contributed by atoms with Crippen molar-refractivity contribution in [3.05, 3.63) is 34.9 Å². The fourth-order valence-electron chi connectivity index (χ4n) is 4.67. The second-order valence-electron chi connectivity index (χ2n) is 7.78. The van der Waals surface area contributed by atoms with E-state index in [0.29, 0.717) is 13.0 Å². The van der Waals surface area contributed by atoms with Crippen LogP contribution in [0.4, 0.5) is 0 Å². The number of carbonyl (C=O) groups is 2. The molecular weight excluding hydrogens is 352 g/mol. The zero-order chi connectivity index (χ0) is 18.1. The van der Waals surface area contributed by atoms with Crippen LogP contribution in [0.15, 0.2) is 18.2 Å². The quantitative estimate of drug-likeness (QED) is 0.773. The average Bonchev–Trinajstić information content (AvgIpc) is 2.58. The van der Waals surface area contributed by atoms with Crippen molar-refractivity contribution >= 4 is 23.4 Å². The lowest BCUT2D eigenvalue weighted by Crippen LogP contribution is -2.71. The SMILES string of the molecule is O=C(CCl)NC1CC(NC(=O)Cc2ccc3c(c2)COCC3)C12CCC2. The van der Waals surface area contributed by atoms with Gasteiger partial charge in [-0.3, -0.25) is 9.59 Å². The van der Waals surface area contributed by atoms with Gasteiger partial charge in [-0.05, 0) is 42.4 Å². The number of halogens is 1. The summed E-state index contributed by atoms with van der Waals surface area (Å²) in [4.78, 5) is 24.1. The van der Waals surface area contributed by atoms with Gasteiger partial charge in [0.05, 0.1) is 19.6 Å². The van der Waals surface area contributed by atoms with Crippen molar-refractivity contribution in [3.63, 3.8) is 0 Å². The van der Waals surface area contributed by atoms with Crippen molar-refractivity contribution in [1.29, 1.82) is 0 Å². The van der Waals surface area contributed by atoms with Crippen LogP contribution in [0.3, 0.4) is 0 Å². The summed E-state index contributed by atoms with van der Waals surface area (Å²) in [7, 11) is 0. The molecule has 0 bridgehead atoms. The molecule has 5 nitrogen and oxygen atoms in total. The van der Waals surface area contributed by atoms with Crippen LogP contribution in [-0.4, -0.2) is 36.4 Å². The van der Waals surface area contributed by atoms with Gasteiger partial charge in [0.15, 0.2) is 0 Å². The van der Waals surface area contributed by atoms with Crippen molar-refractivity contribution in [3.8, 4) is 0 Å². The molecule has 0 aromatic heterocycles. The van der Waals surface area contributed by atoms with Crippen LogP contribution in [0.1, 0.15) is 42.4 Å². The van der Waals surface area contributed by atoms with E-state index in [-0.39, 0.29) is 35.2 Å². The molecule has 0 saturated heterocycles. The molecule has 2 fully saturated rings. The Balaban J connectivity index is 1.35. The van der Waals surface area contributed by atoms with Crippen molar-refractivity contribution in [2.45, 2.75) is 57.2 Å². The Kier molecular flexibility index (Phi) is 4.93. The number of hydrogen-bond acceptors (Lipinski definition) is 3. The Hall–Kier alpha value is -1.59. The Labute approximate surface area is 158 Å². The van der Waals surface area contributed by atoms with Gasteiger partial charge in [0.25, 0.3) is 0 Å². The number of hydrogen-bond donors (Lipinski definition) is 2. The molecule has 1 spiro atoms. The van der Waals surface area contributed by atoms with Gasteiger partial charge >= 0.3 is 0 Å². The molecule has 2 N–H and O–H groups in total. The first-order valence-electron chi connectivity index (χ1n) is 9.44. The van der Waals surface area contributed by atoms with E-state index in [1.54, 1.807) is 0 Å². The Morgan fingerprint density at radius 1 is 1.15 bits per heavy atom. The van der Waals surface area contributed by atoms with E-state index in [2.05, 4.69) is 22.8 Å². The summed E-state index contributed by atoms with van der Waals surface area (Å²) >= 11 is 5.60. The minimum absolute atomic E-state index is 0.00828. The molecule has 1 aromatic rings. The van der Waals surface area contributed by atoms with E-state index < -0.39 is 0 Å². The number of amides is 2. The maximum Gasteiger partial charge on any atom is 0.235 e. The van der Waals surface area contributed by atoms with E-state index in [1.165, 1.54) is 11.1 Å². The van der Waals surface area contributed by atoms with Crippen LogP contribution < -0.4 is 10.6 Å². The van der Waals surface area contributed by atoms with E-state index in [1.807, 2.05) is 6.07 Å². The summed E-state index contributed by atoms with van der Waals surface area (Å²) < 4.78 is 5.50. The van der Waals surface area contributed by atoms with Crippen LogP contribution in [0, 0.1) is 5.41 Å². The van der Waals surface area contributed by atoms with Crippen LogP contribution >= 0.6 is 11.6 Å². The lowest BCUT2D eigenvalue weighted by atomic mass is 9.49. The Morgan fingerprint density at radius 2 is 1.92 bits per heavy atom. The van der Waals surface area contributed by atoms with Crippen LogP contribution in [0.25, 0.3) is 0 Å². The lowest BCUT2D eigenvalue weighted by molar-refractivity contribution is -0.132. The number of carbonyl (C=O) groups excluding carboxylic acids is 2. The molecule has 2 atom stereocenters. The number of alkyl halides is 1. The molecule has 26 heavy (non-hydrogen) atoms. The predicted octanol–water partition coefficient (Wildman–Crippen LogP) is 2.08. The predicted molar refractivity (Wildman–Crippen MR) is 99.0 cm³/mol. The lowest BCUT2D eigenvalue weighted by Gasteiger charge is -2.61. The summed E-state index contributed by atoms with van der Waals surface area (Å²) in [6.45, 7) is 1.41. The summed E-state index contributed by atoms with van der Waals surface area (Å²) in [5.41, 5.74) is 3.59. The van der Waals surface area contributed by atoms with Crippen molar-refractivity contribution in [2.24, 2.45) is 5.41 Å². The molecule has 2 aliphatic carbocycles. The summed E-state index contributed by atoms with van der Waals surface area (Å²) in [6, 6.07) is 6.57. The van der Waals surface area contributed by atoms with Gasteiger partial charge in [-0.2, -0.15) is 0 Å². The fraction of sp³-hybridized carbons (Fsp3) is 0.600. The van der Waals surface area contributed by atoms with Gasteiger partial charge in [-0.15, -0.1) is 11.6 Å². The van der Waals surface area contributed by atoms with Crippen LogP contribution in [-0.2, 0) is 33.8 Å². The molecule has 1 heterocycles. The molecule has 2 saturated carbocycles. The highest BCUT2D eigenvalue weighted by Gasteiger charge is 2.59. The highest BCUT2D eigenvalue weighted by atomic mass is 35.5. The maximum atomic E-state index is 12.5. The van der Waals surface area contributed by atoms with E-state index in [0.717, 1.165) is 44.3 Å². The number of ether oxygens (including phenoxy) is 1. The van der Waals surface area contributed by atoms with Crippen molar-refractivity contribution in [1.82, 2.24) is 10.6 Å². The monoisotopic (exact) mass is 376 g/mol. The van der Waals surface area contributed by atoms with Crippen LogP contribution in [0.2, 0.25) is 0 Å².